The Kier molecular flexibility index (Phi) is 1.64. The van der Waals surface area contributed by atoms with Crippen molar-refractivity contribution in [2.75, 3.05) is 13.1 Å². The normalized spacial score (nSPS) is 21.5. The van der Waals surface area contributed by atoms with Crippen LogP contribution in [0.5, 0.6) is 0 Å². The first-order chi connectivity index (χ1) is 5.77. The molecule has 2 aliphatic rings. The van der Waals surface area contributed by atoms with E-state index in [1.54, 1.807) is 6.08 Å². The molecule has 2 rings (SSSR count). The van der Waals surface area contributed by atoms with Crippen molar-refractivity contribution in [3.05, 3.63) is 23.4 Å². The Morgan fingerprint density at radius 3 is 3.08 bits per heavy atom. The number of fused-ring (bicyclic) bond motifs is 1. The minimum absolute atomic E-state index is 0.501. The fourth-order valence-electron chi connectivity index (χ4n) is 1.72. The van der Waals surface area contributed by atoms with Crippen molar-refractivity contribution in [2.45, 2.75) is 12.8 Å². The summed E-state index contributed by atoms with van der Waals surface area (Å²) in [7, 11) is 0. The van der Waals surface area contributed by atoms with Gasteiger partial charge in [0.2, 0.25) is 0 Å². The van der Waals surface area contributed by atoms with Gasteiger partial charge in [-0.15, -0.1) is 0 Å². The maximum absolute atomic E-state index is 10.6. The molecule has 0 atom stereocenters. The van der Waals surface area contributed by atoms with E-state index in [1.165, 1.54) is 5.70 Å². The molecule has 1 saturated heterocycles. The van der Waals surface area contributed by atoms with Gasteiger partial charge in [-0.05, 0) is 25.0 Å². The molecular formula is C9H11NO2. The van der Waals surface area contributed by atoms with E-state index in [9.17, 15) is 4.79 Å². The highest BCUT2D eigenvalue weighted by Gasteiger charge is 2.22. The largest absolute Gasteiger partial charge is 0.478 e. The first-order valence-corrected chi connectivity index (χ1v) is 4.15. The Balaban J connectivity index is 2.20. The van der Waals surface area contributed by atoms with Crippen molar-refractivity contribution in [1.82, 2.24) is 4.90 Å². The quantitative estimate of drug-likeness (QED) is 0.630. The van der Waals surface area contributed by atoms with Crippen molar-refractivity contribution in [3.8, 4) is 0 Å². The topological polar surface area (TPSA) is 40.5 Å². The Labute approximate surface area is 71.0 Å². The first kappa shape index (κ1) is 7.40. The van der Waals surface area contributed by atoms with Gasteiger partial charge in [0.25, 0.3) is 0 Å². The molecule has 2 heterocycles. The molecule has 0 spiro atoms. The smallest absolute Gasteiger partial charge is 0.333 e. The zero-order chi connectivity index (χ0) is 8.55. The minimum atomic E-state index is -0.794. The third kappa shape index (κ3) is 1.11. The van der Waals surface area contributed by atoms with Crippen molar-refractivity contribution in [2.24, 2.45) is 0 Å². The summed E-state index contributed by atoms with van der Waals surface area (Å²) in [6.45, 7) is 1.59. The van der Waals surface area contributed by atoms with Gasteiger partial charge in [-0.2, -0.15) is 0 Å². The second-order valence-electron chi connectivity index (χ2n) is 3.18. The monoisotopic (exact) mass is 165 g/mol. The lowest BCUT2D eigenvalue weighted by atomic mass is 10.1. The summed E-state index contributed by atoms with van der Waals surface area (Å²) in [4.78, 5) is 12.8. The van der Waals surface area contributed by atoms with Gasteiger partial charge in [0.15, 0.2) is 0 Å². The third-order valence-corrected chi connectivity index (χ3v) is 2.38. The van der Waals surface area contributed by atoms with E-state index < -0.39 is 5.97 Å². The molecule has 0 aromatic carbocycles. The summed E-state index contributed by atoms with van der Waals surface area (Å²) in [6, 6.07) is 0. The van der Waals surface area contributed by atoms with Crippen LogP contribution in [-0.4, -0.2) is 29.1 Å². The van der Waals surface area contributed by atoms with Gasteiger partial charge < -0.3 is 10.0 Å². The molecule has 3 nitrogen and oxygen atoms in total. The lowest BCUT2D eigenvalue weighted by Crippen LogP contribution is -2.25. The fraction of sp³-hybridized carbons (Fsp3) is 0.444. The summed E-state index contributed by atoms with van der Waals surface area (Å²) in [5.74, 6) is -0.794. The van der Waals surface area contributed by atoms with Gasteiger partial charge in [0, 0.05) is 18.8 Å². The number of hydrogen-bond acceptors (Lipinski definition) is 2. The van der Waals surface area contributed by atoms with Crippen LogP contribution in [0.15, 0.2) is 23.4 Å². The van der Waals surface area contributed by atoms with E-state index in [4.69, 9.17) is 5.11 Å². The van der Waals surface area contributed by atoms with Crippen LogP contribution in [0, 0.1) is 0 Å². The van der Waals surface area contributed by atoms with E-state index in [-0.39, 0.29) is 0 Å². The molecule has 0 aromatic rings. The maximum atomic E-state index is 10.6. The van der Waals surface area contributed by atoms with Gasteiger partial charge in [-0.1, -0.05) is 0 Å². The van der Waals surface area contributed by atoms with Crippen molar-refractivity contribution >= 4 is 5.97 Å². The van der Waals surface area contributed by atoms with Crippen LogP contribution in [0.2, 0.25) is 0 Å². The Bertz CT molecular complexity index is 278. The predicted molar refractivity (Wildman–Crippen MR) is 44.6 cm³/mol. The van der Waals surface area contributed by atoms with Crippen LogP contribution in [0.25, 0.3) is 0 Å². The molecule has 0 radical (unpaired) electrons. The molecule has 64 valence electrons. The van der Waals surface area contributed by atoms with Crippen LogP contribution in [0.1, 0.15) is 12.8 Å². The number of allylic oxidation sites excluding steroid dienone is 3. The summed E-state index contributed by atoms with van der Waals surface area (Å²) in [6.07, 6.45) is 5.91. The highest BCUT2D eigenvalue weighted by molar-refractivity contribution is 5.87. The predicted octanol–water partition coefficient (Wildman–Crippen LogP) is 0.991. The van der Waals surface area contributed by atoms with E-state index in [0.717, 1.165) is 19.4 Å². The fourth-order valence-corrected chi connectivity index (χ4v) is 1.72. The highest BCUT2D eigenvalue weighted by Crippen LogP contribution is 2.25. The van der Waals surface area contributed by atoms with E-state index in [2.05, 4.69) is 4.90 Å². The second kappa shape index (κ2) is 2.66. The molecule has 3 heteroatoms. The van der Waals surface area contributed by atoms with Crippen LogP contribution in [-0.2, 0) is 4.79 Å². The summed E-state index contributed by atoms with van der Waals surface area (Å²) >= 11 is 0. The average molecular weight is 165 g/mol. The maximum Gasteiger partial charge on any atom is 0.333 e. The van der Waals surface area contributed by atoms with E-state index in [1.807, 2.05) is 6.08 Å². The number of carboxylic acids is 1. The zero-order valence-corrected chi connectivity index (χ0v) is 6.79. The molecular weight excluding hydrogens is 154 g/mol. The number of rotatable bonds is 1. The van der Waals surface area contributed by atoms with Crippen molar-refractivity contribution in [3.63, 3.8) is 0 Å². The number of nitrogens with zero attached hydrogens (tertiary/aromatic N) is 1. The second-order valence-corrected chi connectivity index (χ2v) is 3.18. The summed E-state index contributed by atoms with van der Waals surface area (Å²) in [5.41, 5.74) is 1.79. The SMILES string of the molecule is O=C(O)C1=CC=C2CCCN2C1. The Hall–Kier alpha value is -1.25. The van der Waals surface area contributed by atoms with Crippen LogP contribution >= 0.6 is 0 Å². The average Bonchev–Trinajstić information content (AvgIpc) is 2.49. The highest BCUT2D eigenvalue weighted by atomic mass is 16.4. The van der Waals surface area contributed by atoms with Gasteiger partial charge in [0.05, 0.1) is 5.57 Å². The molecule has 0 amide bonds. The molecule has 1 fully saturated rings. The standard InChI is InChI=1S/C9H11NO2/c11-9(12)7-3-4-8-2-1-5-10(8)6-7/h3-4H,1-2,5-6H2,(H,11,12). The molecule has 0 aliphatic carbocycles. The molecule has 0 saturated carbocycles. The van der Waals surface area contributed by atoms with Gasteiger partial charge >= 0.3 is 5.97 Å². The number of carboxylic acid groups (broad SMARTS) is 1. The molecule has 12 heavy (non-hydrogen) atoms. The minimum Gasteiger partial charge on any atom is -0.478 e. The zero-order valence-electron chi connectivity index (χ0n) is 6.79. The number of aliphatic carboxylic acids is 1. The molecule has 0 unspecified atom stereocenters. The molecule has 0 aromatic heterocycles. The van der Waals surface area contributed by atoms with E-state index >= 15 is 0 Å². The number of hydrogen-bond donors (Lipinski definition) is 1. The third-order valence-electron chi connectivity index (χ3n) is 2.38. The molecule has 2 aliphatic heterocycles. The van der Waals surface area contributed by atoms with Crippen molar-refractivity contribution < 1.29 is 9.90 Å². The summed E-state index contributed by atoms with van der Waals surface area (Å²) in [5, 5.41) is 8.73. The lowest BCUT2D eigenvalue weighted by Gasteiger charge is -2.22. The van der Waals surface area contributed by atoms with Crippen LogP contribution in [0.4, 0.5) is 0 Å². The molecule has 1 N–H and O–H groups in total. The lowest BCUT2D eigenvalue weighted by molar-refractivity contribution is -0.132. The van der Waals surface area contributed by atoms with Crippen molar-refractivity contribution in [1.29, 1.82) is 0 Å². The Morgan fingerprint density at radius 2 is 2.33 bits per heavy atom. The Morgan fingerprint density at radius 1 is 1.50 bits per heavy atom. The van der Waals surface area contributed by atoms with Crippen LogP contribution < -0.4 is 0 Å². The van der Waals surface area contributed by atoms with E-state index in [0.29, 0.717) is 12.1 Å². The summed E-state index contributed by atoms with van der Waals surface area (Å²) < 4.78 is 0. The number of carbonyl (C=O) groups is 1. The molecule has 0 bridgehead atoms. The van der Waals surface area contributed by atoms with Gasteiger partial charge in [-0.3, -0.25) is 0 Å². The van der Waals surface area contributed by atoms with Gasteiger partial charge in [-0.25, -0.2) is 4.79 Å². The van der Waals surface area contributed by atoms with Gasteiger partial charge in [0.1, 0.15) is 0 Å². The first-order valence-electron chi connectivity index (χ1n) is 4.15. The van der Waals surface area contributed by atoms with Crippen LogP contribution in [0.3, 0.4) is 0 Å².